The van der Waals surface area contributed by atoms with Gasteiger partial charge in [0.2, 0.25) is 5.28 Å². The highest BCUT2D eigenvalue weighted by Crippen LogP contribution is 2.31. The summed E-state index contributed by atoms with van der Waals surface area (Å²) in [6.45, 7) is 0. The predicted octanol–water partition coefficient (Wildman–Crippen LogP) is 4.50. The van der Waals surface area contributed by atoms with Gasteiger partial charge in [-0.2, -0.15) is 9.97 Å². The number of fused-ring (bicyclic) bond motifs is 1. The molecule has 23 heavy (non-hydrogen) atoms. The van der Waals surface area contributed by atoms with Crippen LogP contribution in [0.1, 0.15) is 5.82 Å². The van der Waals surface area contributed by atoms with E-state index in [0.717, 1.165) is 11.1 Å². The number of rotatable bonds is 2. The van der Waals surface area contributed by atoms with Crippen molar-refractivity contribution in [1.29, 1.82) is 0 Å². The van der Waals surface area contributed by atoms with Gasteiger partial charge in [-0.05, 0) is 11.6 Å². The number of aromatic nitrogens is 3. The molecule has 0 N–H and O–H groups in total. The summed E-state index contributed by atoms with van der Waals surface area (Å²) in [5.74, 6) is 1.96. The van der Waals surface area contributed by atoms with Gasteiger partial charge in [0, 0.05) is 23.0 Å². The first-order valence-electron chi connectivity index (χ1n) is 7.52. The quantitative estimate of drug-likeness (QED) is 0.817. The highest BCUT2D eigenvalue weighted by atomic mass is 35.5. The van der Waals surface area contributed by atoms with Crippen LogP contribution in [0.2, 0.25) is 5.28 Å². The van der Waals surface area contributed by atoms with Gasteiger partial charge >= 0.3 is 0 Å². The Kier molecular flexibility index (Phi) is 3.64. The van der Waals surface area contributed by atoms with E-state index in [0.29, 0.717) is 23.5 Å². The van der Waals surface area contributed by atoms with Crippen LogP contribution in [0.5, 0.6) is 0 Å². The maximum atomic E-state index is 6.12. The molecule has 0 radical (unpaired) electrons. The van der Waals surface area contributed by atoms with Crippen LogP contribution in [0.3, 0.4) is 0 Å². The minimum Gasteiger partial charge on any atom is -0.208 e. The van der Waals surface area contributed by atoms with Gasteiger partial charge in [-0.15, -0.1) is 0 Å². The summed E-state index contributed by atoms with van der Waals surface area (Å²) in [7, 11) is 0. The Morgan fingerprint density at radius 3 is 2.35 bits per heavy atom. The third-order valence-electron chi connectivity index (χ3n) is 3.99. The molecule has 4 rings (SSSR count). The van der Waals surface area contributed by atoms with Crippen LogP contribution in [-0.2, 0) is 0 Å². The Balaban J connectivity index is 1.74. The van der Waals surface area contributed by atoms with Gasteiger partial charge in [-0.3, -0.25) is 0 Å². The zero-order chi connectivity index (χ0) is 15.6. The van der Waals surface area contributed by atoms with E-state index in [1.165, 1.54) is 0 Å². The minimum atomic E-state index is 0.212. The summed E-state index contributed by atoms with van der Waals surface area (Å²) in [5.41, 5.74) is 1.91. The average Bonchev–Trinajstić information content (AvgIpc) is 2.61. The second kappa shape index (κ2) is 5.94. The molecule has 1 aromatic heterocycles. The summed E-state index contributed by atoms with van der Waals surface area (Å²) in [5, 5.41) is 0.212. The van der Waals surface area contributed by atoms with Crippen LogP contribution in [0.4, 0.5) is 0 Å². The average molecular weight is 320 g/mol. The topological polar surface area (TPSA) is 38.7 Å². The summed E-state index contributed by atoms with van der Waals surface area (Å²) in [6, 6.07) is 9.80. The Hall–Kier alpha value is -2.52. The minimum absolute atomic E-state index is 0.212. The molecule has 3 nitrogen and oxygen atoms in total. The third kappa shape index (κ3) is 2.88. The van der Waals surface area contributed by atoms with Crippen molar-refractivity contribution in [3.63, 3.8) is 0 Å². The molecule has 2 unspecified atom stereocenters. The normalized spacial score (nSPS) is 21.9. The van der Waals surface area contributed by atoms with E-state index < -0.39 is 0 Å². The zero-order valence-electron chi connectivity index (χ0n) is 12.3. The number of benzene rings is 1. The van der Waals surface area contributed by atoms with Crippen molar-refractivity contribution in [3.05, 3.63) is 84.0 Å². The van der Waals surface area contributed by atoms with Gasteiger partial charge in [0.05, 0.1) is 0 Å². The summed E-state index contributed by atoms with van der Waals surface area (Å²) in [6.07, 6.45) is 15.0. The Bertz CT molecular complexity index is 850. The highest BCUT2D eigenvalue weighted by Gasteiger charge is 2.20. The lowest BCUT2D eigenvalue weighted by Gasteiger charge is -2.22. The van der Waals surface area contributed by atoms with E-state index in [1.54, 1.807) is 0 Å². The maximum Gasteiger partial charge on any atom is 0.226 e. The van der Waals surface area contributed by atoms with Gasteiger partial charge in [0.25, 0.3) is 0 Å². The molecule has 112 valence electrons. The molecule has 0 amide bonds. The molecule has 2 aliphatic rings. The van der Waals surface area contributed by atoms with Crippen LogP contribution in [0.25, 0.3) is 17.0 Å². The van der Waals surface area contributed by atoms with Crippen LogP contribution in [-0.4, -0.2) is 15.0 Å². The van der Waals surface area contributed by atoms with E-state index in [-0.39, 0.29) is 5.28 Å². The number of hydrogen-bond acceptors (Lipinski definition) is 3. The fraction of sp³-hybridized carbons (Fsp3) is 0.105. The summed E-state index contributed by atoms with van der Waals surface area (Å²) < 4.78 is 0. The molecule has 0 spiro atoms. The Morgan fingerprint density at radius 2 is 1.52 bits per heavy atom. The number of allylic oxidation sites excluding steroid dienone is 8. The number of hydrogen-bond donors (Lipinski definition) is 0. The van der Waals surface area contributed by atoms with Gasteiger partial charge in [-0.1, -0.05) is 72.9 Å². The molecule has 0 bridgehead atoms. The Morgan fingerprint density at radius 1 is 0.783 bits per heavy atom. The monoisotopic (exact) mass is 319 g/mol. The van der Waals surface area contributed by atoms with Crippen molar-refractivity contribution in [2.24, 2.45) is 11.8 Å². The molecule has 2 aliphatic carbocycles. The maximum absolute atomic E-state index is 6.12. The standard InChI is InChI=1S/C19H14ClN3/c20-19-22-17(14-7-2-1-3-8-14)21-18(23-19)16-11-10-13-6-4-5-9-15(13)12-16/h1-13,15H. The summed E-state index contributed by atoms with van der Waals surface area (Å²) in [4.78, 5) is 13.1. The molecule has 2 atom stereocenters. The molecule has 0 fully saturated rings. The van der Waals surface area contributed by atoms with Crippen molar-refractivity contribution < 1.29 is 0 Å². The molecule has 2 aromatic rings. The first-order chi connectivity index (χ1) is 11.3. The van der Waals surface area contributed by atoms with Crippen LogP contribution < -0.4 is 0 Å². The van der Waals surface area contributed by atoms with Crippen molar-refractivity contribution in [3.8, 4) is 11.4 Å². The van der Waals surface area contributed by atoms with E-state index in [4.69, 9.17) is 11.6 Å². The third-order valence-corrected chi connectivity index (χ3v) is 4.16. The molecular weight excluding hydrogens is 306 g/mol. The first-order valence-corrected chi connectivity index (χ1v) is 7.90. The van der Waals surface area contributed by atoms with Gasteiger partial charge in [-0.25, -0.2) is 4.98 Å². The van der Waals surface area contributed by atoms with Crippen LogP contribution in [0, 0.1) is 11.8 Å². The molecule has 1 heterocycles. The molecule has 0 aliphatic heterocycles. The van der Waals surface area contributed by atoms with E-state index >= 15 is 0 Å². The van der Waals surface area contributed by atoms with Crippen molar-refractivity contribution in [2.45, 2.75) is 0 Å². The molecule has 0 saturated carbocycles. The van der Waals surface area contributed by atoms with E-state index in [9.17, 15) is 0 Å². The van der Waals surface area contributed by atoms with Gasteiger partial charge in [0.1, 0.15) is 0 Å². The lowest BCUT2D eigenvalue weighted by atomic mass is 9.83. The van der Waals surface area contributed by atoms with E-state index in [2.05, 4.69) is 57.5 Å². The Labute approximate surface area is 139 Å². The lowest BCUT2D eigenvalue weighted by molar-refractivity contribution is 0.662. The molecular formula is C19H14ClN3. The first kappa shape index (κ1) is 14.1. The highest BCUT2D eigenvalue weighted by molar-refractivity contribution is 6.28. The number of nitrogens with zero attached hydrogens (tertiary/aromatic N) is 3. The van der Waals surface area contributed by atoms with Crippen molar-refractivity contribution in [2.75, 3.05) is 0 Å². The molecule has 4 heteroatoms. The SMILES string of the molecule is Clc1nc(C2=CC3C=CC=CC3C=C2)nc(-c2ccccc2)n1. The van der Waals surface area contributed by atoms with E-state index in [1.807, 2.05) is 30.3 Å². The fourth-order valence-electron chi connectivity index (χ4n) is 2.82. The predicted molar refractivity (Wildman–Crippen MR) is 92.6 cm³/mol. The number of halogens is 1. The van der Waals surface area contributed by atoms with Crippen molar-refractivity contribution >= 4 is 17.2 Å². The second-order valence-corrected chi connectivity index (χ2v) is 5.86. The summed E-state index contributed by atoms with van der Waals surface area (Å²) >= 11 is 6.12. The lowest BCUT2D eigenvalue weighted by Crippen LogP contribution is -2.12. The van der Waals surface area contributed by atoms with Crippen molar-refractivity contribution in [1.82, 2.24) is 15.0 Å². The fourth-order valence-corrected chi connectivity index (χ4v) is 2.98. The van der Waals surface area contributed by atoms with Crippen LogP contribution >= 0.6 is 11.6 Å². The smallest absolute Gasteiger partial charge is 0.208 e. The zero-order valence-corrected chi connectivity index (χ0v) is 13.1. The van der Waals surface area contributed by atoms with Gasteiger partial charge in [0.15, 0.2) is 11.6 Å². The largest absolute Gasteiger partial charge is 0.226 e. The molecule has 0 saturated heterocycles. The van der Waals surface area contributed by atoms with Crippen LogP contribution in [0.15, 0.2) is 72.9 Å². The molecule has 1 aromatic carbocycles. The van der Waals surface area contributed by atoms with Gasteiger partial charge < -0.3 is 0 Å². The second-order valence-electron chi connectivity index (χ2n) is 5.52.